The van der Waals surface area contributed by atoms with E-state index in [2.05, 4.69) is 11.4 Å². The molecule has 6 rings (SSSR count). The van der Waals surface area contributed by atoms with Crippen LogP contribution in [0.5, 0.6) is 11.5 Å². The van der Waals surface area contributed by atoms with E-state index in [1.165, 1.54) is 0 Å². The maximum absolute atomic E-state index is 13.4. The van der Waals surface area contributed by atoms with Gasteiger partial charge in [0, 0.05) is 36.9 Å². The minimum absolute atomic E-state index is 0.0503. The average Bonchev–Trinajstić information content (AvgIpc) is 3.40. The number of hydrogen-bond donors (Lipinski definition) is 1. The van der Waals surface area contributed by atoms with Gasteiger partial charge in [-0.15, -0.1) is 0 Å². The van der Waals surface area contributed by atoms with Crippen LogP contribution >= 0.6 is 11.3 Å². The van der Waals surface area contributed by atoms with Gasteiger partial charge in [-0.25, -0.2) is 4.79 Å². The van der Waals surface area contributed by atoms with E-state index in [1.807, 2.05) is 41.8 Å². The SMILES string of the molecule is O=C(O[C@H]1C[N+]2(CCCOc3cccc(O)c3)CCC1CC2)N(Cc1ccsc1)c1ccccc1. The molecule has 184 valence electrons. The lowest BCUT2D eigenvalue weighted by molar-refractivity contribution is -0.946. The highest BCUT2D eigenvalue weighted by Gasteiger charge is 2.47. The fraction of sp³-hybridized carbons (Fsp3) is 0.393. The van der Waals surface area contributed by atoms with E-state index < -0.39 is 0 Å². The standard InChI is InChI=1S/C28H32N2O4S/c31-25-8-4-9-26(18-25)33-16-5-13-30-14-10-23(11-15-30)27(20-30)34-28(32)29(19-22-12-17-35-21-22)24-6-2-1-3-7-24/h1-4,6-9,12,17-18,21,23,27H,5,10-11,13-16,19-20H2/p+1/t23?,27-,30?/m0/s1. The molecule has 2 bridgehead atoms. The Kier molecular flexibility index (Phi) is 7.25. The second kappa shape index (κ2) is 10.7. The Labute approximate surface area is 210 Å². The lowest BCUT2D eigenvalue weighted by atomic mass is 9.83. The van der Waals surface area contributed by atoms with E-state index in [0.29, 0.717) is 24.8 Å². The fourth-order valence-electron chi connectivity index (χ4n) is 5.46. The number of hydrogen-bond acceptors (Lipinski definition) is 5. The number of ether oxygens (including phenoxy) is 2. The quantitative estimate of drug-likeness (QED) is 0.308. The minimum Gasteiger partial charge on any atom is -0.508 e. The van der Waals surface area contributed by atoms with Crippen LogP contribution in [0.15, 0.2) is 71.4 Å². The zero-order chi connectivity index (χ0) is 24.1. The third kappa shape index (κ3) is 5.80. The van der Waals surface area contributed by atoms with Crippen LogP contribution < -0.4 is 9.64 Å². The number of quaternary nitrogens is 1. The molecule has 3 aromatic rings. The zero-order valence-electron chi connectivity index (χ0n) is 19.9. The molecular formula is C28H33N2O4S+. The molecule has 4 heterocycles. The van der Waals surface area contributed by atoms with Gasteiger partial charge < -0.3 is 19.1 Å². The van der Waals surface area contributed by atoms with Crippen molar-refractivity contribution in [1.29, 1.82) is 0 Å². The van der Waals surface area contributed by atoms with Crippen molar-refractivity contribution in [2.75, 3.05) is 37.7 Å². The number of carbonyl (C=O) groups excluding carboxylic acids is 1. The Hall–Kier alpha value is -3.03. The topological polar surface area (TPSA) is 59.0 Å². The summed E-state index contributed by atoms with van der Waals surface area (Å²) in [5.74, 6) is 1.36. The van der Waals surface area contributed by atoms with Crippen LogP contribution in [0.3, 0.4) is 0 Å². The van der Waals surface area contributed by atoms with Crippen LogP contribution in [0.1, 0.15) is 24.8 Å². The van der Waals surface area contributed by atoms with Crippen molar-refractivity contribution in [2.24, 2.45) is 5.92 Å². The van der Waals surface area contributed by atoms with Gasteiger partial charge in [0.05, 0.1) is 32.8 Å². The number of fused-ring (bicyclic) bond motifs is 3. The Morgan fingerprint density at radius 2 is 1.91 bits per heavy atom. The van der Waals surface area contributed by atoms with Crippen molar-refractivity contribution in [3.63, 3.8) is 0 Å². The Balaban J connectivity index is 1.20. The number of rotatable bonds is 9. The van der Waals surface area contributed by atoms with Crippen LogP contribution in [0.2, 0.25) is 0 Å². The van der Waals surface area contributed by atoms with Gasteiger partial charge in [0.1, 0.15) is 18.0 Å². The maximum Gasteiger partial charge on any atom is 0.415 e. The number of amides is 1. The van der Waals surface area contributed by atoms with Gasteiger partial charge >= 0.3 is 6.09 Å². The smallest absolute Gasteiger partial charge is 0.415 e. The molecule has 2 aromatic carbocycles. The molecule has 35 heavy (non-hydrogen) atoms. The van der Waals surface area contributed by atoms with Crippen molar-refractivity contribution in [2.45, 2.75) is 31.9 Å². The van der Waals surface area contributed by atoms with Crippen LogP contribution in [-0.2, 0) is 11.3 Å². The molecule has 1 amide bonds. The largest absolute Gasteiger partial charge is 0.508 e. The first-order valence-corrected chi connectivity index (χ1v) is 13.4. The summed E-state index contributed by atoms with van der Waals surface area (Å²) < 4.78 is 13.1. The highest BCUT2D eigenvalue weighted by molar-refractivity contribution is 7.07. The Morgan fingerprint density at radius 3 is 2.66 bits per heavy atom. The van der Waals surface area contributed by atoms with Crippen LogP contribution in [0.25, 0.3) is 0 Å². The summed E-state index contributed by atoms with van der Waals surface area (Å²) in [7, 11) is 0. The molecule has 3 fully saturated rings. The molecular weight excluding hydrogens is 460 g/mol. The number of anilines is 1. The van der Waals surface area contributed by atoms with Crippen LogP contribution in [0.4, 0.5) is 10.5 Å². The van der Waals surface area contributed by atoms with E-state index in [0.717, 1.165) is 61.2 Å². The molecule has 1 aromatic heterocycles. The molecule has 0 unspecified atom stereocenters. The number of phenolic OH excluding ortho intramolecular Hbond substituents is 1. The van der Waals surface area contributed by atoms with E-state index in [-0.39, 0.29) is 17.9 Å². The third-order valence-electron chi connectivity index (χ3n) is 7.37. The number of carbonyl (C=O) groups is 1. The van der Waals surface area contributed by atoms with Crippen molar-refractivity contribution < 1.29 is 23.9 Å². The van der Waals surface area contributed by atoms with E-state index in [1.54, 1.807) is 34.4 Å². The van der Waals surface area contributed by atoms with Crippen molar-refractivity contribution in [3.8, 4) is 11.5 Å². The highest BCUT2D eigenvalue weighted by atomic mass is 32.1. The summed E-state index contributed by atoms with van der Waals surface area (Å²) in [4.78, 5) is 15.2. The monoisotopic (exact) mass is 493 g/mol. The lowest BCUT2D eigenvalue weighted by Crippen LogP contribution is -2.65. The van der Waals surface area contributed by atoms with Crippen molar-refractivity contribution in [3.05, 3.63) is 77.0 Å². The summed E-state index contributed by atoms with van der Waals surface area (Å²) >= 11 is 1.64. The van der Waals surface area contributed by atoms with Gasteiger partial charge in [-0.2, -0.15) is 11.3 Å². The first kappa shape index (κ1) is 23.7. The number of benzene rings is 2. The number of phenols is 1. The van der Waals surface area contributed by atoms with E-state index in [9.17, 15) is 9.90 Å². The average molecular weight is 494 g/mol. The highest BCUT2D eigenvalue weighted by Crippen LogP contribution is 2.36. The summed E-state index contributed by atoms with van der Waals surface area (Å²) in [6, 6.07) is 18.8. The Bertz CT molecular complexity index is 1100. The molecule has 3 aliphatic heterocycles. The predicted octanol–water partition coefficient (Wildman–Crippen LogP) is 5.68. The molecule has 0 saturated carbocycles. The van der Waals surface area contributed by atoms with Crippen LogP contribution in [0, 0.1) is 5.92 Å². The fourth-order valence-corrected chi connectivity index (χ4v) is 6.12. The van der Waals surface area contributed by atoms with Crippen molar-refractivity contribution in [1.82, 2.24) is 0 Å². The third-order valence-corrected chi connectivity index (χ3v) is 8.10. The van der Waals surface area contributed by atoms with Gasteiger partial charge in [0.2, 0.25) is 0 Å². The second-order valence-corrected chi connectivity index (χ2v) is 10.5. The van der Waals surface area contributed by atoms with Gasteiger partial charge in [0.25, 0.3) is 0 Å². The number of thiophene rings is 1. The van der Waals surface area contributed by atoms with E-state index in [4.69, 9.17) is 9.47 Å². The first-order chi connectivity index (χ1) is 17.1. The molecule has 3 saturated heterocycles. The summed E-state index contributed by atoms with van der Waals surface area (Å²) in [6.45, 7) is 5.29. The zero-order valence-corrected chi connectivity index (χ0v) is 20.7. The predicted molar refractivity (Wildman–Crippen MR) is 138 cm³/mol. The van der Waals surface area contributed by atoms with Gasteiger partial charge in [-0.1, -0.05) is 24.3 Å². The molecule has 0 radical (unpaired) electrons. The van der Waals surface area contributed by atoms with Crippen molar-refractivity contribution >= 4 is 23.1 Å². The molecule has 7 heteroatoms. The molecule has 3 aliphatic rings. The number of piperidine rings is 3. The number of para-hydroxylation sites is 1. The molecule has 6 nitrogen and oxygen atoms in total. The summed E-state index contributed by atoms with van der Waals surface area (Å²) in [5, 5.41) is 13.7. The number of aromatic hydroxyl groups is 1. The summed E-state index contributed by atoms with van der Waals surface area (Å²) in [6.07, 6.45) is 2.81. The number of nitrogens with zero attached hydrogens (tertiary/aromatic N) is 2. The van der Waals surface area contributed by atoms with Gasteiger partial charge in [0.15, 0.2) is 6.10 Å². The normalized spacial score (nSPS) is 23.1. The Morgan fingerprint density at radius 1 is 1.09 bits per heavy atom. The van der Waals surface area contributed by atoms with Gasteiger partial charge in [-0.05, 0) is 46.7 Å². The minimum atomic E-state index is -0.258. The molecule has 1 atom stereocenters. The second-order valence-electron chi connectivity index (χ2n) is 9.71. The first-order valence-electron chi connectivity index (χ1n) is 12.4. The molecule has 1 N–H and O–H groups in total. The van der Waals surface area contributed by atoms with Gasteiger partial charge in [-0.3, -0.25) is 4.90 Å². The summed E-state index contributed by atoms with van der Waals surface area (Å²) in [5.41, 5.74) is 1.97. The lowest BCUT2D eigenvalue weighted by Gasteiger charge is -2.52. The maximum atomic E-state index is 13.4. The molecule has 0 spiro atoms. The van der Waals surface area contributed by atoms with E-state index >= 15 is 0 Å². The van der Waals surface area contributed by atoms with Crippen LogP contribution in [-0.4, -0.2) is 54.6 Å². The molecule has 0 aliphatic carbocycles.